The fraction of sp³-hybridized carbons (Fsp3) is 0.400. The van der Waals surface area contributed by atoms with E-state index in [9.17, 15) is 4.79 Å². The van der Waals surface area contributed by atoms with Crippen molar-refractivity contribution in [2.24, 2.45) is 0 Å². The van der Waals surface area contributed by atoms with E-state index in [0.717, 1.165) is 56.2 Å². The second-order valence-corrected chi connectivity index (χ2v) is 6.71. The SMILES string of the molecule is O=C(CCc1cccnc1)N1CCN(Cc2ccc3c(c2)OCO3)CC1. The fourth-order valence-corrected chi connectivity index (χ4v) is 3.41. The standard InChI is InChI=1S/C20H23N3O3/c24-20(6-4-16-2-1-7-21-13-16)23-10-8-22(9-11-23)14-17-3-5-18-19(12-17)26-15-25-18/h1-3,5,7,12-13H,4,6,8-11,14-15H2. The Hall–Kier alpha value is -2.60. The molecule has 3 heterocycles. The van der Waals surface area contributed by atoms with Crippen molar-refractivity contribution in [3.63, 3.8) is 0 Å². The Kier molecular flexibility index (Phi) is 5.02. The molecule has 1 amide bonds. The minimum atomic E-state index is 0.233. The Morgan fingerprint density at radius 3 is 2.69 bits per heavy atom. The van der Waals surface area contributed by atoms with Crippen LogP contribution in [-0.2, 0) is 17.8 Å². The molecule has 0 aliphatic carbocycles. The molecule has 136 valence electrons. The molecule has 1 aromatic heterocycles. The van der Waals surface area contributed by atoms with Crippen LogP contribution in [0.2, 0.25) is 0 Å². The summed E-state index contributed by atoms with van der Waals surface area (Å²) in [5, 5.41) is 0. The minimum Gasteiger partial charge on any atom is -0.454 e. The van der Waals surface area contributed by atoms with Crippen LogP contribution in [0, 0.1) is 0 Å². The van der Waals surface area contributed by atoms with Crippen LogP contribution in [0.25, 0.3) is 0 Å². The summed E-state index contributed by atoms with van der Waals surface area (Å²) in [6.45, 7) is 4.54. The Bertz CT molecular complexity index is 758. The van der Waals surface area contributed by atoms with Crippen molar-refractivity contribution in [2.75, 3.05) is 33.0 Å². The Labute approximate surface area is 153 Å². The molecular weight excluding hydrogens is 330 g/mol. The molecule has 0 bridgehead atoms. The number of amides is 1. The molecule has 1 fully saturated rings. The van der Waals surface area contributed by atoms with E-state index in [1.165, 1.54) is 5.56 Å². The van der Waals surface area contributed by atoms with Gasteiger partial charge in [-0.3, -0.25) is 14.7 Å². The van der Waals surface area contributed by atoms with Crippen molar-refractivity contribution in [1.82, 2.24) is 14.8 Å². The minimum absolute atomic E-state index is 0.233. The number of pyridine rings is 1. The van der Waals surface area contributed by atoms with Gasteiger partial charge in [0.25, 0.3) is 0 Å². The van der Waals surface area contributed by atoms with Crippen molar-refractivity contribution >= 4 is 5.91 Å². The number of nitrogens with zero attached hydrogens (tertiary/aromatic N) is 3. The topological polar surface area (TPSA) is 54.9 Å². The third kappa shape index (κ3) is 3.96. The first kappa shape index (κ1) is 16.8. The molecule has 6 nitrogen and oxygen atoms in total. The average molecular weight is 353 g/mol. The van der Waals surface area contributed by atoms with E-state index in [-0.39, 0.29) is 5.91 Å². The molecule has 4 rings (SSSR count). The van der Waals surface area contributed by atoms with E-state index in [2.05, 4.69) is 16.0 Å². The van der Waals surface area contributed by atoms with Crippen molar-refractivity contribution in [1.29, 1.82) is 0 Å². The molecule has 1 aromatic carbocycles. The van der Waals surface area contributed by atoms with Gasteiger partial charge >= 0.3 is 0 Å². The van der Waals surface area contributed by atoms with Crippen molar-refractivity contribution in [3.05, 3.63) is 53.9 Å². The maximum Gasteiger partial charge on any atom is 0.231 e. The summed E-state index contributed by atoms with van der Waals surface area (Å²) < 4.78 is 10.8. The predicted molar refractivity (Wildman–Crippen MR) is 97.0 cm³/mol. The van der Waals surface area contributed by atoms with Gasteiger partial charge in [0.05, 0.1) is 0 Å². The van der Waals surface area contributed by atoms with E-state index in [1.54, 1.807) is 6.20 Å². The quantitative estimate of drug-likeness (QED) is 0.824. The number of aromatic nitrogens is 1. The molecule has 0 unspecified atom stereocenters. The monoisotopic (exact) mass is 353 g/mol. The molecule has 0 radical (unpaired) electrons. The maximum atomic E-state index is 12.4. The van der Waals surface area contributed by atoms with E-state index in [4.69, 9.17) is 9.47 Å². The first-order chi connectivity index (χ1) is 12.8. The zero-order chi connectivity index (χ0) is 17.8. The zero-order valence-corrected chi connectivity index (χ0v) is 14.8. The van der Waals surface area contributed by atoms with E-state index in [0.29, 0.717) is 13.2 Å². The van der Waals surface area contributed by atoms with Gasteiger partial charge in [-0.1, -0.05) is 12.1 Å². The number of hydrogen-bond donors (Lipinski definition) is 0. The number of ether oxygens (including phenoxy) is 2. The van der Waals surface area contributed by atoms with Crippen LogP contribution in [0.4, 0.5) is 0 Å². The molecule has 0 spiro atoms. The van der Waals surface area contributed by atoms with Crippen LogP contribution in [0.3, 0.4) is 0 Å². The highest BCUT2D eigenvalue weighted by molar-refractivity contribution is 5.76. The number of hydrogen-bond acceptors (Lipinski definition) is 5. The third-order valence-corrected chi connectivity index (χ3v) is 4.92. The van der Waals surface area contributed by atoms with Gasteiger partial charge in [-0.15, -0.1) is 0 Å². The molecule has 0 atom stereocenters. The molecule has 2 aliphatic heterocycles. The Morgan fingerprint density at radius 2 is 1.88 bits per heavy atom. The highest BCUT2D eigenvalue weighted by Crippen LogP contribution is 2.32. The second kappa shape index (κ2) is 7.74. The van der Waals surface area contributed by atoms with Gasteiger partial charge in [0.2, 0.25) is 12.7 Å². The summed E-state index contributed by atoms with van der Waals surface area (Å²) in [4.78, 5) is 20.9. The van der Waals surface area contributed by atoms with Crippen molar-refractivity contribution < 1.29 is 14.3 Å². The number of fused-ring (bicyclic) bond motifs is 1. The van der Waals surface area contributed by atoms with Gasteiger partial charge in [-0.25, -0.2) is 0 Å². The first-order valence-electron chi connectivity index (χ1n) is 9.05. The lowest BCUT2D eigenvalue weighted by Gasteiger charge is -2.34. The second-order valence-electron chi connectivity index (χ2n) is 6.71. The lowest BCUT2D eigenvalue weighted by atomic mass is 10.1. The summed E-state index contributed by atoms with van der Waals surface area (Å²) in [7, 11) is 0. The summed E-state index contributed by atoms with van der Waals surface area (Å²) in [6.07, 6.45) is 4.89. The Balaban J connectivity index is 1.24. The molecule has 26 heavy (non-hydrogen) atoms. The predicted octanol–water partition coefficient (Wildman–Crippen LogP) is 2.09. The van der Waals surface area contributed by atoms with Gasteiger partial charge < -0.3 is 14.4 Å². The maximum absolute atomic E-state index is 12.4. The van der Waals surface area contributed by atoms with E-state index >= 15 is 0 Å². The highest BCUT2D eigenvalue weighted by atomic mass is 16.7. The average Bonchev–Trinajstić information content (AvgIpc) is 3.15. The number of rotatable bonds is 5. The first-order valence-corrected chi connectivity index (χ1v) is 9.05. The molecule has 1 saturated heterocycles. The van der Waals surface area contributed by atoms with Crippen molar-refractivity contribution in [2.45, 2.75) is 19.4 Å². The molecule has 6 heteroatoms. The molecule has 2 aliphatic rings. The number of aryl methyl sites for hydroxylation is 1. The van der Waals surface area contributed by atoms with Crippen LogP contribution in [0.1, 0.15) is 17.5 Å². The van der Waals surface area contributed by atoms with E-state index < -0.39 is 0 Å². The number of piperazine rings is 1. The van der Waals surface area contributed by atoms with E-state index in [1.807, 2.05) is 35.4 Å². The fourth-order valence-electron chi connectivity index (χ4n) is 3.41. The van der Waals surface area contributed by atoms with Gasteiger partial charge in [0.15, 0.2) is 11.5 Å². The summed E-state index contributed by atoms with van der Waals surface area (Å²) in [5.41, 5.74) is 2.33. The number of benzene rings is 1. The van der Waals surface area contributed by atoms with Crippen LogP contribution < -0.4 is 9.47 Å². The Morgan fingerprint density at radius 1 is 1.04 bits per heavy atom. The van der Waals surface area contributed by atoms with Gasteiger partial charge in [0.1, 0.15) is 0 Å². The molecular formula is C20H23N3O3. The number of carbonyl (C=O) groups is 1. The smallest absolute Gasteiger partial charge is 0.231 e. The molecule has 0 saturated carbocycles. The zero-order valence-electron chi connectivity index (χ0n) is 14.8. The lowest BCUT2D eigenvalue weighted by molar-refractivity contribution is -0.133. The molecule has 0 N–H and O–H groups in total. The highest BCUT2D eigenvalue weighted by Gasteiger charge is 2.21. The van der Waals surface area contributed by atoms with Crippen LogP contribution in [0.5, 0.6) is 11.5 Å². The van der Waals surface area contributed by atoms with Gasteiger partial charge in [-0.2, -0.15) is 0 Å². The van der Waals surface area contributed by atoms with Crippen LogP contribution >= 0.6 is 0 Å². The van der Waals surface area contributed by atoms with Crippen molar-refractivity contribution in [3.8, 4) is 11.5 Å². The third-order valence-electron chi connectivity index (χ3n) is 4.92. The van der Waals surface area contributed by atoms with Gasteiger partial charge in [0, 0.05) is 51.5 Å². The summed E-state index contributed by atoms with van der Waals surface area (Å²) in [5.74, 6) is 1.88. The molecule has 2 aromatic rings. The number of carbonyl (C=O) groups excluding carboxylic acids is 1. The van der Waals surface area contributed by atoms with Crippen LogP contribution in [-0.4, -0.2) is 53.7 Å². The van der Waals surface area contributed by atoms with Crippen LogP contribution in [0.15, 0.2) is 42.7 Å². The van der Waals surface area contributed by atoms with Gasteiger partial charge in [-0.05, 0) is 35.7 Å². The largest absolute Gasteiger partial charge is 0.454 e. The normalized spacial score (nSPS) is 16.7. The summed E-state index contributed by atoms with van der Waals surface area (Å²) >= 11 is 0. The lowest BCUT2D eigenvalue weighted by Crippen LogP contribution is -2.48. The summed E-state index contributed by atoms with van der Waals surface area (Å²) in [6, 6.07) is 10.0.